The van der Waals surface area contributed by atoms with Crippen molar-refractivity contribution in [2.45, 2.75) is 11.8 Å². The highest BCUT2D eigenvalue weighted by molar-refractivity contribution is 7.90. The van der Waals surface area contributed by atoms with E-state index < -0.39 is 9.84 Å². The first-order chi connectivity index (χ1) is 11.3. The minimum atomic E-state index is -3.32. The number of aryl methyl sites for hydroxylation is 1. The van der Waals surface area contributed by atoms with Crippen LogP contribution in [-0.2, 0) is 9.84 Å². The van der Waals surface area contributed by atoms with Crippen LogP contribution in [0.1, 0.15) is 15.2 Å². The quantitative estimate of drug-likeness (QED) is 0.830. The van der Waals surface area contributed by atoms with Gasteiger partial charge in [0.15, 0.2) is 15.0 Å². The number of anilines is 1. The molecule has 128 valence electrons. The summed E-state index contributed by atoms with van der Waals surface area (Å²) >= 11 is 1.65. The van der Waals surface area contributed by atoms with Crippen molar-refractivity contribution < 1.29 is 13.2 Å². The standard InChI is InChI=1S/C16H19N3O3S2/c1-12-11-17-16(23-12)19-8-6-18(7-9-19)15(20)13-4-3-5-14(10-13)24(2,21)22/h3-5,10-11H,6-9H2,1-2H3. The summed E-state index contributed by atoms with van der Waals surface area (Å²) in [5, 5.41) is 0.985. The van der Waals surface area contributed by atoms with Gasteiger partial charge in [-0.25, -0.2) is 13.4 Å². The van der Waals surface area contributed by atoms with Crippen LogP contribution in [0.15, 0.2) is 35.4 Å². The van der Waals surface area contributed by atoms with Crippen LogP contribution in [0.25, 0.3) is 0 Å². The number of piperazine rings is 1. The number of thiazole rings is 1. The zero-order valence-electron chi connectivity index (χ0n) is 13.6. The van der Waals surface area contributed by atoms with Gasteiger partial charge in [-0.2, -0.15) is 0 Å². The number of hydrogen-bond donors (Lipinski definition) is 0. The second kappa shape index (κ2) is 6.52. The Hall–Kier alpha value is -1.93. The third-order valence-electron chi connectivity index (χ3n) is 3.96. The maximum atomic E-state index is 12.6. The molecule has 1 saturated heterocycles. The first-order valence-electron chi connectivity index (χ1n) is 7.61. The highest BCUT2D eigenvalue weighted by atomic mass is 32.2. The molecule has 0 unspecified atom stereocenters. The summed E-state index contributed by atoms with van der Waals surface area (Å²) in [5.74, 6) is -0.129. The molecule has 2 aromatic rings. The lowest BCUT2D eigenvalue weighted by Crippen LogP contribution is -2.48. The van der Waals surface area contributed by atoms with Gasteiger partial charge in [-0.1, -0.05) is 6.07 Å². The highest BCUT2D eigenvalue weighted by Gasteiger charge is 2.24. The van der Waals surface area contributed by atoms with E-state index in [0.717, 1.165) is 24.5 Å². The summed E-state index contributed by atoms with van der Waals surface area (Å²) in [6.45, 7) is 4.67. The molecule has 3 rings (SSSR count). The zero-order valence-corrected chi connectivity index (χ0v) is 15.2. The average Bonchev–Trinajstić information content (AvgIpc) is 3.00. The number of nitrogens with zero attached hydrogens (tertiary/aromatic N) is 3. The van der Waals surface area contributed by atoms with Crippen molar-refractivity contribution in [3.63, 3.8) is 0 Å². The summed E-state index contributed by atoms with van der Waals surface area (Å²) in [6.07, 6.45) is 3.00. The molecule has 8 heteroatoms. The van der Waals surface area contributed by atoms with Gasteiger partial charge in [-0.15, -0.1) is 11.3 Å². The predicted molar refractivity (Wildman–Crippen MR) is 94.5 cm³/mol. The second-order valence-corrected chi connectivity index (χ2v) is 9.06. The lowest BCUT2D eigenvalue weighted by atomic mass is 10.2. The Labute approximate surface area is 145 Å². The summed E-state index contributed by atoms with van der Waals surface area (Å²) in [5.41, 5.74) is 0.413. The van der Waals surface area contributed by atoms with Gasteiger partial charge in [0.1, 0.15) is 0 Å². The van der Waals surface area contributed by atoms with Crippen LogP contribution in [0.4, 0.5) is 5.13 Å². The molecule has 0 N–H and O–H groups in total. The number of sulfone groups is 1. The van der Waals surface area contributed by atoms with Gasteiger partial charge < -0.3 is 9.80 Å². The van der Waals surface area contributed by atoms with Crippen molar-refractivity contribution in [2.24, 2.45) is 0 Å². The Kier molecular flexibility index (Phi) is 4.60. The normalized spacial score (nSPS) is 15.6. The number of amides is 1. The third-order valence-corrected chi connectivity index (χ3v) is 6.04. The summed E-state index contributed by atoms with van der Waals surface area (Å²) in [6, 6.07) is 6.23. The van der Waals surface area contributed by atoms with Gasteiger partial charge in [-0.3, -0.25) is 4.79 Å². The fourth-order valence-corrected chi connectivity index (χ4v) is 4.11. The first kappa shape index (κ1) is 16.9. The molecule has 1 fully saturated rings. The van der Waals surface area contributed by atoms with Crippen molar-refractivity contribution in [3.05, 3.63) is 40.9 Å². The van der Waals surface area contributed by atoms with Crippen LogP contribution < -0.4 is 4.90 Å². The Morgan fingerprint density at radius 3 is 2.50 bits per heavy atom. The fourth-order valence-electron chi connectivity index (χ4n) is 2.63. The maximum Gasteiger partial charge on any atom is 0.254 e. The van der Waals surface area contributed by atoms with Crippen LogP contribution in [0, 0.1) is 6.92 Å². The Bertz CT molecular complexity index is 853. The molecular weight excluding hydrogens is 346 g/mol. The van der Waals surface area contributed by atoms with E-state index in [1.807, 2.05) is 13.1 Å². The van der Waals surface area contributed by atoms with Gasteiger partial charge in [0.25, 0.3) is 5.91 Å². The Morgan fingerprint density at radius 1 is 1.21 bits per heavy atom. The van der Waals surface area contributed by atoms with E-state index in [9.17, 15) is 13.2 Å². The molecule has 0 saturated carbocycles. The van der Waals surface area contributed by atoms with Crippen molar-refractivity contribution >= 4 is 32.2 Å². The highest BCUT2D eigenvalue weighted by Crippen LogP contribution is 2.23. The number of aromatic nitrogens is 1. The third kappa shape index (κ3) is 3.59. The van der Waals surface area contributed by atoms with Gasteiger partial charge in [-0.05, 0) is 25.1 Å². The Balaban J connectivity index is 1.69. The van der Waals surface area contributed by atoms with Crippen LogP contribution in [-0.4, -0.2) is 56.6 Å². The van der Waals surface area contributed by atoms with Crippen LogP contribution in [0.5, 0.6) is 0 Å². The molecule has 2 heterocycles. The lowest BCUT2D eigenvalue weighted by Gasteiger charge is -2.34. The molecule has 24 heavy (non-hydrogen) atoms. The molecule has 1 aliphatic rings. The fraction of sp³-hybridized carbons (Fsp3) is 0.375. The Morgan fingerprint density at radius 2 is 1.92 bits per heavy atom. The van der Waals surface area contributed by atoms with Gasteiger partial charge in [0, 0.05) is 49.1 Å². The number of carbonyl (C=O) groups is 1. The molecule has 1 aliphatic heterocycles. The summed E-state index contributed by atoms with van der Waals surface area (Å²) < 4.78 is 23.3. The van der Waals surface area contributed by atoms with Crippen molar-refractivity contribution in [1.82, 2.24) is 9.88 Å². The van der Waals surface area contributed by atoms with E-state index in [0.29, 0.717) is 18.7 Å². The molecule has 1 amide bonds. The topological polar surface area (TPSA) is 70.6 Å². The minimum absolute atomic E-state index is 0.129. The largest absolute Gasteiger partial charge is 0.345 e. The molecule has 0 radical (unpaired) electrons. The molecule has 1 aromatic heterocycles. The van der Waals surface area contributed by atoms with E-state index in [-0.39, 0.29) is 10.8 Å². The molecule has 0 atom stereocenters. The predicted octanol–water partition coefficient (Wildman–Crippen LogP) is 1.82. The monoisotopic (exact) mass is 365 g/mol. The lowest BCUT2D eigenvalue weighted by molar-refractivity contribution is 0.0746. The van der Waals surface area contributed by atoms with E-state index in [4.69, 9.17) is 0 Å². The summed E-state index contributed by atoms with van der Waals surface area (Å²) in [4.78, 5) is 22.3. The van der Waals surface area contributed by atoms with E-state index >= 15 is 0 Å². The van der Waals surface area contributed by atoms with Crippen LogP contribution in [0.3, 0.4) is 0 Å². The van der Waals surface area contributed by atoms with Gasteiger partial charge in [0.05, 0.1) is 4.90 Å². The first-order valence-corrected chi connectivity index (χ1v) is 10.3. The molecule has 0 spiro atoms. The number of hydrogen-bond acceptors (Lipinski definition) is 6. The smallest absolute Gasteiger partial charge is 0.254 e. The molecule has 1 aromatic carbocycles. The minimum Gasteiger partial charge on any atom is -0.345 e. The molecule has 0 bridgehead atoms. The van der Waals surface area contributed by atoms with Gasteiger partial charge in [0.2, 0.25) is 0 Å². The molecule has 6 nitrogen and oxygen atoms in total. The molecule has 0 aliphatic carbocycles. The van der Waals surface area contributed by atoms with Gasteiger partial charge >= 0.3 is 0 Å². The SMILES string of the molecule is Cc1cnc(N2CCN(C(=O)c3cccc(S(C)(=O)=O)c3)CC2)s1. The van der Waals surface area contributed by atoms with Crippen LogP contribution in [0.2, 0.25) is 0 Å². The van der Waals surface area contributed by atoms with E-state index in [1.54, 1.807) is 28.4 Å². The van der Waals surface area contributed by atoms with Crippen molar-refractivity contribution in [1.29, 1.82) is 0 Å². The second-order valence-electron chi connectivity index (χ2n) is 5.83. The average molecular weight is 365 g/mol. The number of carbonyl (C=O) groups excluding carboxylic acids is 1. The number of rotatable bonds is 3. The maximum absolute atomic E-state index is 12.6. The van der Waals surface area contributed by atoms with Crippen molar-refractivity contribution in [3.8, 4) is 0 Å². The number of benzene rings is 1. The summed E-state index contributed by atoms with van der Waals surface area (Å²) in [7, 11) is -3.32. The zero-order chi connectivity index (χ0) is 17.3. The molecular formula is C16H19N3O3S2. The van der Waals surface area contributed by atoms with Crippen LogP contribution >= 0.6 is 11.3 Å². The van der Waals surface area contributed by atoms with Crippen molar-refractivity contribution in [2.75, 3.05) is 37.3 Å². The van der Waals surface area contributed by atoms with E-state index in [2.05, 4.69) is 9.88 Å². The van der Waals surface area contributed by atoms with E-state index in [1.165, 1.54) is 17.0 Å².